The van der Waals surface area contributed by atoms with Crippen LogP contribution in [0, 0.1) is 0 Å². The molecule has 0 radical (unpaired) electrons. The van der Waals surface area contributed by atoms with E-state index in [1.807, 2.05) is 0 Å². The maximum Gasteiger partial charge on any atom is 0.152 e. The highest BCUT2D eigenvalue weighted by Gasteiger charge is 2.15. The van der Waals surface area contributed by atoms with E-state index in [2.05, 4.69) is 65.1 Å². The van der Waals surface area contributed by atoms with Crippen molar-refractivity contribution in [2.75, 3.05) is 5.32 Å². The summed E-state index contributed by atoms with van der Waals surface area (Å²) in [5.74, 6) is 2.20. The Kier molecular flexibility index (Phi) is 4.19. The van der Waals surface area contributed by atoms with Gasteiger partial charge in [-0.05, 0) is 36.0 Å². The van der Waals surface area contributed by atoms with Crippen LogP contribution in [0.5, 0.6) is 0 Å². The first-order valence-corrected chi connectivity index (χ1v) is 8.29. The quantitative estimate of drug-likeness (QED) is 0.934. The van der Waals surface area contributed by atoms with E-state index in [0.717, 1.165) is 36.8 Å². The molecule has 1 aromatic carbocycles. The van der Waals surface area contributed by atoms with Gasteiger partial charge in [-0.2, -0.15) is 0 Å². The van der Waals surface area contributed by atoms with Crippen LogP contribution in [0.3, 0.4) is 0 Å². The molecule has 0 amide bonds. The van der Waals surface area contributed by atoms with Gasteiger partial charge < -0.3 is 9.88 Å². The minimum atomic E-state index is 0.197. The number of hydrogen-bond acceptors (Lipinski definition) is 3. The molecule has 4 nitrogen and oxygen atoms in total. The summed E-state index contributed by atoms with van der Waals surface area (Å²) in [5.41, 5.74) is 2.69. The molecule has 3 rings (SSSR count). The van der Waals surface area contributed by atoms with E-state index in [4.69, 9.17) is 0 Å². The van der Waals surface area contributed by atoms with Gasteiger partial charge in [0.2, 0.25) is 0 Å². The van der Waals surface area contributed by atoms with Crippen LogP contribution >= 0.6 is 0 Å². The molecule has 0 bridgehead atoms. The number of benzene rings is 1. The van der Waals surface area contributed by atoms with Gasteiger partial charge in [-0.15, -0.1) is 10.2 Å². The first-order valence-electron chi connectivity index (χ1n) is 8.29. The molecule has 1 N–H and O–H groups in total. The lowest BCUT2D eigenvalue weighted by Crippen LogP contribution is -2.12. The lowest BCUT2D eigenvalue weighted by atomic mass is 9.87. The first kappa shape index (κ1) is 15.1. The lowest BCUT2D eigenvalue weighted by Gasteiger charge is -2.19. The Labute approximate surface area is 133 Å². The predicted molar refractivity (Wildman–Crippen MR) is 90.0 cm³/mol. The molecule has 1 aliphatic heterocycles. The Morgan fingerprint density at radius 1 is 1.05 bits per heavy atom. The highest BCUT2D eigenvalue weighted by molar-refractivity contribution is 5.45. The highest BCUT2D eigenvalue weighted by Crippen LogP contribution is 2.23. The van der Waals surface area contributed by atoms with Gasteiger partial charge >= 0.3 is 0 Å². The molecule has 0 aliphatic carbocycles. The Morgan fingerprint density at radius 2 is 1.82 bits per heavy atom. The van der Waals surface area contributed by atoms with Crippen molar-refractivity contribution < 1.29 is 0 Å². The van der Waals surface area contributed by atoms with E-state index < -0.39 is 0 Å². The molecule has 4 heteroatoms. The molecule has 0 spiro atoms. The number of anilines is 1. The Hall–Kier alpha value is -1.84. The van der Waals surface area contributed by atoms with Crippen molar-refractivity contribution >= 4 is 5.69 Å². The normalized spacial score (nSPS) is 15.2. The van der Waals surface area contributed by atoms with Crippen molar-refractivity contribution in [2.24, 2.45) is 0 Å². The molecule has 2 heterocycles. The maximum absolute atomic E-state index is 4.36. The summed E-state index contributed by atoms with van der Waals surface area (Å²) in [6.45, 7) is 8.51. The van der Waals surface area contributed by atoms with Crippen LogP contribution < -0.4 is 5.32 Å². The average molecular weight is 298 g/mol. The summed E-state index contributed by atoms with van der Waals surface area (Å²) >= 11 is 0. The van der Waals surface area contributed by atoms with Gasteiger partial charge in [0.15, 0.2) is 5.82 Å². The third-order valence-electron chi connectivity index (χ3n) is 4.39. The number of aryl methyl sites for hydroxylation is 1. The van der Waals surface area contributed by atoms with E-state index >= 15 is 0 Å². The second-order valence-corrected chi connectivity index (χ2v) is 7.18. The molecule has 118 valence electrons. The number of fused-ring (bicyclic) bond motifs is 1. The van der Waals surface area contributed by atoms with E-state index in [1.165, 1.54) is 24.8 Å². The number of aromatic nitrogens is 3. The second kappa shape index (κ2) is 6.11. The van der Waals surface area contributed by atoms with Gasteiger partial charge in [-0.25, -0.2) is 0 Å². The van der Waals surface area contributed by atoms with E-state index in [-0.39, 0.29) is 5.41 Å². The molecule has 0 saturated carbocycles. The van der Waals surface area contributed by atoms with Gasteiger partial charge in [0.05, 0.1) is 6.54 Å². The maximum atomic E-state index is 4.36. The van der Waals surface area contributed by atoms with Gasteiger partial charge in [0.1, 0.15) is 5.82 Å². The molecule has 0 unspecified atom stereocenters. The standard InChI is InChI=1S/C18H26N4/c1-18(2,3)14-8-10-15(11-9-14)19-13-17-21-20-16-7-5-4-6-12-22(16)17/h8-11,19H,4-7,12-13H2,1-3H3. The fourth-order valence-corrected chi connectivity index (χ4v) is 2.95. The topological polar surface area (TPSA) is 42.7 Å². The van der Waals surface area contributed by atoms with Crippen LogP contribution in [0.4, 0.5) is 5.69 Å². The molecule has 1 aromatic heterocycles. The monoisotopic (exact) mass is 298 g/mol. The van der Waals surface area contributed by atoms with E-state index in [9.17, 15) is 0 Å². The van der Waals surface area contributed by atoms with Gasteiger partial charge in [-0.1, -0.05) is 39.3 Å². The Bertz CT molecular complexity index is 620. The first-order chi connectivity index (χ1) is 10.5. The van der Waals surface area contributed by atoms with Crippen molar-refractivity contribution in [1.29, 1.82) is 0 Å². The second-order valence-electron chi connectivity index (χ2n) is 7.18. The van der Waals surface area contributed by atoms with Crippen LogP contribution in [0.25, 0.3) is 0 Å². The molecular formula is C18H26N4. The summed E-state index contributed by atoms with van der Waals surface area (Å²) in [5, 5.41) is 12.2. The van der Waals surface area contributed by atoms with Crippen LogP contribution in [-0.4, -0.2) is 14.8 Å². The SMILES string of the molecule is CC(C)(C)c1ccc(NCc2nnc3n2CCCCC3)cc1. The fourth-order valence-electron chi connectivity index (χ4n) is 2.95. The van der Waals surface area contributed by atoms with Crippen LogP contribution in [0.1, 0.15) is 57.2 Å². The average Bonchev–Trinajstić information content (AvgIpc) is 2.72. The van der Waals surface area contributed by atoms with Gasteiger partial charge in [0.25, 0.3) is 0 Å². The summed E-state index contributed by atoms with van der Waals surface area (Å²) in [7, 11) is 0. The van der Waals surface area contributed by atoms with E-state index in [0.29, 0.717) is 0 Å². The molecule has 0 saturated heterocycles. The lowest BCUT2D eigenvalue weighted by molar-refractivity contribution is 0.590. The zero-order chi connectivity index (χ0) is 15.6. The summed E-state index contributed by atoms with van der Waals surface area (Å²) in [6.07, 6.45) is 4.83. The zero-order valence-electron chi connectivity index (χ0n) is 13.9. The number of nitrogens with one attached hydrogen (secondary N) is 1. The Balaban J connectivity index is 1.67. The molecule has 0 fully saturated rings. The predicted octanol–water partition coefficient (Wildman–Crippen LogP) is 3.91. The van der Waals surface area contributed by atoms with Crippen LogP contribution in [0.2, 0.25) is 0 Å². The third kappa shape index (κ3) is 3.32. The van der Waals surface area contributed by atoms with Crippen molar-refractivity contribution in [3.05, 3.63) is 41.5 Å². The van der Waals surface area contributed by atoms with Crippen molar-refractivity contribution in [1.82, 2.24) is 14.8 Å². The van der Waals surface area contributed by atoms with Crippen molar-refractivity contribution in [3.63, 3.8) is 0 Å². The minimum Gasteiger partial charge on any atom is -0.378 e. The molecule has 2 aromatic rings. The highest BCUT2D eigenvalue weighted by atomic mass is 15.3. The number of rotatable bonds is 3. The van der Waals surface area contributed by atoms with Crippen LogP contribution in [-0.2, 0) is 24.9 Å². The number of hydrogen-bond donors (Lipinski definition) is 1. The summed E-state index contributed by atoms with van der Waals surface area (Å²) in [4.78, 5) is 0. The molecule has 22 heavy (non-hydrogen) atoms. The van der Waals surface area contributed by atoms with Crippen molar-refractivity contribution in [3.8, 4) is 0 Å². The summed E-state index contributed by atoms with van der Waals surface area (Å²) in [6, 6.07) is 8.71. The largest absolute Gasteiger partial charge is 0.378 e. The number of nitrogens with zero attached hydrogens (tertiary/aromatic N) is 3. The van der Waals surface area contributed by atoms with Crippen LogP contribution in [0.15, 0.2) is 24.3 Å². The van der Waals surface area contributed by atoms with Crippen molar-refractivity contribution in [2.45, 2.75) is 65.0 Å². The minimum absolute atomic E-state index is 0.197. The summed E-state index contributed by atoms with van der Waals surface area (Å²) < 4.78 is 2.30. The van der Waals surface area contributed by atoms with E-state index in [1.54, 1.807) is 0 Å². The van der Waals surface area contributed by atoms with Gasteiger partial charge in [0, 0.05) is 18.7 Å². The smallest absolute Gasteiger partial charge is 0.152 e. The Morgan fingerprint density at radius 3 is 2.55 bits per heavy atom. The van der Waals surface area contributed by atoms with Gasteiger partial charge in [-0.3, -0.25) is 0 Å². The zero-order valence-corrected chi connectivity index (χ0v) is 13.9. The molecular weight excluding hydrogens is 272 g/mol. The molecule has 0 atom stereocenters. The molecule has 1 aliphatic rings. The third-order valence-corrected chi connectivity index (χ3v) is 4.39. The fraction of sp³-hybridized carbons (Fsp3) is 0.556.